The summed E-state index contributed by atoms with van der Waals surface area (Å²) in [4.78, 5) is 4.25. The average molecular weight is 355 g/mol. The Morgan fingerprint density at radius 1 is 1.17 bits per heavy atom. The molecule has 0 fully saturated rings. The predicted octanol–water partition coefficient (Wildman–Crippen LogP) is 3.87. The van der Waals surface area contributed by atoms with Crippen molar-refractivity contribution in [2.45, 2.75) is 25.7 Å². The molecule has 0 atom stereocenters. The van der Waals surface area contributed by atoms with E-state index in [1.54, 1.807) is 38.1 Å². The van der Waals surface area contributed by atoms with Crippen LogP contribution in [0.25, 0.3) is 0 Å². The van der Waals surface area contributed by atoms with Crippen molar-refractivity contribution >= 4 is 21.6 Å². The van der Waals surface area contributed by atoms with Crippen molar-refractivity contribution in [2.24, 2.45) is 0 Å². The largest absolute Gasteiger partial charge is 0.439 e. The van der Waals surface area contributed by atoms with Crippen LogP contribution in [0.2, 0.25) is 5.02 Å². The van der Waals surface area contributed by atoms with Crippen molar-refractivity contribution in [1.29, 1.82) is 0 Å². The Labute approximate surface area is 141 Å². The minimum atomic E-state index is -3.51. The molecule has 0 radical (unpaired) electrons. The molecule has 0 saturated carbocycles. The zero-order valence-corrected chi connectivity index (χ0v) is 14.9. The topological polar surface area (TPSA) is 59.5 Å². The molecule has 0 aliphatic heterocycles. The Kier molecular flexibility index (Phi) is 5.62. The lowest BCUT2D eigenvalue weighted by Gasteiger charge is -2.18. The minimum Gasteiger partial charge on any atom is -0.439 e. The number of pyridine rings is 1. The van der Waals surface area contributed by atoms with Gasteiger partial charge in [0.25, 0.3) is 0 Å². The normalized spacial score (nSPS) is 11.7. The molecule has 0 bridgehead atoms. The maximum absolute atomic E-state index is 12.4. The summed E-state index contributed by atoms with van der Waals surface area (Å²) < 4.78 is 31.8. The number of rotatable bonds is 6. The van der Waals surface area contributed by atoms with Gasteiger partial charge in [0.15, 0.2) is 0 Å². The van der Waals surface area contributed by atoms with Gasteiger partial charge in [-0.3, -0.25) is 0 Å². The van der Waals surface area contributed by atoms with Crippen LogP contribution in [0.4, 0.5) is 0 Å². The summed E-state index contributed by atoms with van der Waals surface area (Å²) >= 11 is 5.91. The second kappa shape index (κ2) is 7.29. The molecule has 0 saturated heterocycles. The van der Waals surface area contributed by atoms with Crippen LogP contribution in [0, 0.1) is 6.92 Å². The molecule has 124 valence electrons. The fourth-order valence-corrected chi connectivity index (χ4v) is 3.76. The number of nitrogens with zero attached hydrogens (tertiary/aromatic N) is 2. The summed E-state index contributed by atoms with van der Waals surface area (Å²) in [6.07, 6.45) is 1.31. The first-order chi connectivity index (χ1) is 10.9. The first-order valence-electron chi connectivity index (χ1n) is 7.28. The van der Waals surface area contributed by atoms with Crippen LogP contribution in [-0.4, -0.2) is 30.8 Å². The van der Waals surface area contributed by atoms with Gasteiger partial charge in [-0.25, -0.2) is 13.4 Å². The Morgan fingerprint density at radius 3 is 2.39 bits per heavy atom. The monoisotopic (exact) mass is 354 g/mol. The van der Waals surface area contributed by atoms with E-state index in [-0.39, 0.29) is 4.90 Å². The number of sulfonamides is 1. The fraction of sp³-hybridized carbons (Fsp3) is 0.312. The van der Waals surface area contributed by atoms with Gasteiger partial charge in [0.1, 0.15) is 10.6 Å². The third-order valence-electron chi connectivity index (χ3n) is 3.40. The number of benzene rings is 1. The Morgan fingerprint density at radius 2 is 1.87 bits per heavy atom. The molecule has 0 aliphatic rings. The molecular weight excluding hydrogens is 336 g/mol. The van der Waals surface area contributed by atoms with E-state index in [9.17, 15) is 8.42 Å². The summed E-state index contributed by atoms with van der Waals surface area (Å²) in [6.45, 7) is 6.31. The summed E-state index contributed by atoms with van der Waals surface area (Å²) in [7, 11) is -3.51. The van der Waals surface area contributed by atoms with Gasteiger partial charge in [0, 0.05) is 24.2 Å². The maximum Gasteiger partial charge on any atom is 0.244 e. The van der Waals surface area contributed by atoms with Gasteiger partial charge in [0.2, 0.25) is 15.9 Å². The molecule has 1 aromatic carbocycles. The van der Waals surface area contributed by atoms with Crippen molar-refractivity contribution in [2.75, 3.05) is 13.1 Å². The minimum absolute atomic E-state index is 0.154. The van der Waals surface area contributed by atoms with Crippen LogP contribution in [0.15, 0.2) is 41.4 Å². The zero-order valence-electron chi connectivity index (χ0n) is 13.3. The van der Waals surface area contributed by atoms with Crippen molar-refractivity contribution in [3.8, 4) is 11.6 Å². The van der Waals surface area contributed by atoms with Crippen LogP contribution in [-0.2, 0) is 10.0 Å². The maximum atomic E-state index is 12.4. The van der Waals surface area contributed by atoms with E-state index in [2.05, 4.69) is 4.98 Å². The predicted molar refractivity (Wildman–Crippen MR) is 90.6 cm³/mol. The molecule has 1 heterocycles. The van der Waals surface area contributed by atoms with E-state index >= 15 is 0 Å². The molecular formula is C16H19ClN2O3S. The van der Waals surface area contributed by atoms with E-state index < -0.39 is 10.0 Å². The first kappa shape index (κ1) is 17.7. The summed E-state index contributed by atoms with van der Waals surface area (Å²) in [6, 6.07) is 8.31. The molecule has 0 spiro atoms. The zero-order chi connectivity index (χ0) is 17.0. The van der Waals surface area contributed by atoms with E-state index in [0.717, 1.165) is 5.56 Å². The van der Waals surface area contributed by atoms with Gasteiger partial charge in [-0.1, -0.05) is 25.4 Å². The molecule has 1 aromatic heterocycles. The lowest BCUT2D eigenvalue weighted by Crippen LogP contribution is -2.30. The molecule has 2 aromatic rings. The van der Waals surface area contributed by atoms with Gasteiger partial charge in [-0.2, -0.15) is 4.31 Å². The SMILES string of the molecule is CCN(CC)S(=O)(=O)c1ccc(Oc2ccc(Cl)cc2C)nc1. The van der Waals surface area contributed by atoms with E-state index in [0.29, 0.717) is 29.7 Å². The number of aryl methyl sites for hydroxylation is 1. The van der Waals surface area contributed by atoms with Crippen molar-refractivity contribution in [3.05, 3.63) is 47.1 Å². The molecule has 0 amide bonds. The lowest BCUT2D eigenvalue weighted by atomic mass is 10.2. The lowest BCUT2D eigenvalue weighted by molar-refractivity contribution is 0.443. The number of hydrogen-bond donors (Lipinski definition) is 0. The molecule has 5 nitrogen and oxygen atoms in total. The van der Waals surface area contributed by atoms with Crippen LogP contribution in [0.3, 0.4) is 0 Å². The highest BCUT2D eigenvalue weighted by Gasteiger charge is 2.21. The van der Waals surface area contributed by atoms with E-state index in [1.165, 1.54) is 16.6 Å². The van der Waals surface area contributed by atoms with E-state index in [4.69, 9.17) is 16.3 Å². The van der Waals surface area contributed by atoms with Gasteiger partial charge >= 0.3 is 0 Å². The summed E-state index contributed by atoms with van der Waals surface area (Å²) in [5, 5.41) is 0.628. The van der Waals surface area contributed by atoms with Gasteiger partial charge in [-0.15, -0.1) is 0 Å². The molecule has 0 unspecified atom stereocenters. The smallest absolute Gasteiger partial charge is 0.244 e. The molecule has 2 rings (SSSR count). The van der Waals surface area contributed by atoms with E-state index in [1.807, 2.05) is 6.92 Å². The van der Waals surface area contributed by atoms with Crippen molar-refractivity contribution < 1.29 is 13.2 Å². The van der Waals surface area contributed by atoms with Crippen LogP contribution < -0.4 is 4.74 Å². The summed E-state index contributed by atoms with van der Waals surface area (Å²) in [5.41, 5.74) is 0.874. The second-order valence-electron chi connectivity index (χ2n) is 4.93. The highest BCUT2D eigenvalue weighted by molar-refractivity contribution is 7.89. The standard InChI is InChI=1S/C16H19ClN2O3S/c1-4-19(5-2)23(20,21)14-7-9-16(18-11-14)22-15-8-6-13(17)10-12(15)3/h6-11H,4-5H2,1-3H3. The first-order valence-corrected chi connectivity index (χ1v) is 9.10. The summed E-state index contributed by atoms with van der Waals surface area (Å²) in [5.74, 6) is 0.954. The van der Waals surface area contributed by atoms with Crippen LogP contribution in [0.1, 0.15) is 19.4 Å². The van der Waals surface area contributed by atoms with Crippen LogP contribution >= 0.6 is 11.6 Å². The molecule has 0 N–H and O–H groups in total. The fourth-order valence-electron chi connectivity index (χ4n) is 2.13. The Hall–Kier alpha value is -1.63. The number of ether oxygens (including phenoxy) is 1. The van der Waals surface area contributed by atoms with Gasteiger partial charge < -0.3 is 4.74 Å². The second-order valence-corrected chi connectivity index (χ2v) is 7.31. The quantitative estimate of drug-likeness (QED) is 0.790. The number of aromatic nitrogens is 1. The van der Waals surface area contributed by atoms with Crippen molar-refractivity contribution in [1.82, 2.24) is 9.29 Å². The Balaban J connectivity index is 2.23. The van der Waals surface area contributed by atoms with Crippen LogP contribution in [0.5, 0.6) is 11.6 Å². The number of hydrogen-bond acceptors (Lipinski definition) is 4. The highest BCUT2D eigenvalue weighted by atomic mass is 35.5. The molecule has 7 heteroatoms. The molecule has 0 aliphatic carbocycles. The Bertz CT molecular complexity index is 772. The van der Waals surface area contributed by atoms with Gasteiger partial charge in [-0.05, 0) is 36.8 Å². The highest BCUT2D eigenvalue weighted by Crippen LogP contribution is 2.26. The van der Waals surface area contributed by atoms with Gasteiger partial charge in [0.05, 0.1) is 6.20 Å². The average Bonchev–Trinajstić information content (AvgIpc) is 2.51. The number of halogens is 1. The third kappa shape index (κ3) is 4.02. The van der Waals surface area contributed by atoms with Crippen molar-refractivity contribution in [3.63, 3.8) is 0 Å². The third-order valence-corrected chi connectivity index (χ3v) is 5.67. The molecule has 23 heavy (non-hydrogen) atoms.